The molecule has 0 radical (unpaired) electrons. The van der Waals surface area contributed by atoms with E-state index in [2.05, 4.69) is 20.9 Å². The lowest BCUT2D eigenvalue weighted by Crippen LogP contribution is -2.01. The number of Topliss-reactive ketones (excluding diaryl/α,β-unsaturated/α-hetero) is 1. The molecule has 1 aromatic carbocycles. The van der Waals surface area contributed by atoms with Gasteiger partial charge in [0.2, 0.25) is 0 Å². The molecule has 0 N–H and O–H groups in total. The van der Waals surface area contributed by atoms with Crippen molar-refractivity contribution in [2.45, 2.75) is 20.0 Å². The Bertz CT molecular complexity index is 567. The van der Waals surface area contributed by atoms with Gasteiger partial charge in [-0.15, -0.1) is 0 Å². The van der Waals surface area contributed by atoms with Crippen LogP contribution in [0.15, 0.2) is 47.1 Å². The molecule has 3 nitrogen and oxygen atoms in total. The highest BCUT2D eigenvalue weighted by Crippen LogP contribution is 2.18. The fourth-order valence-electron chi connectivity index (χ4n) is 1.59. The highest BCUT2D eigenvalue weighted by molar-refractivity contribution is 9.10. The maximum Gasteiger partial charge on any atom is 0.180 e. The van der Waals surface area contributed by atoms with Crippen molar-refractivity contribution >= 4 is 21.7 Å². The molecule has 0 bridgehead atoms. The molecule has 4 heteroatoms. The highest BCUT2D eigenvalue weighted by Gasteiger charge is 2.05. The van der Waals surface area contributed by atoms with E-state index in [1.807, 2.05) is 31.2 Å². The maximum absolute atomic E-state index is 11.4. The SMILES string of the molecule is CCC(=O)c1ccc(OCc2ccccc2Br)cn1. The van der Waals surface area contributed by atoms with Crippen molar-refractivity contribution in [3.63, 3.8) is 0 Å². The Hall–Kier alpha value is -1.68. The van der Waals surface area contributed by atoms with Gasteiger partial charge in [-0.05, 0) is 18.2 Å². The predicted molar refractivity (Wildman–Crippen MR) is 77.3 cm³/mol. The van der Waals surface area contributed by atoms with E-state index in [0.29, 0.717) is 24.5 Å². The number of hydrogen-bond donors (Lipinski definition) is 0. The first-order valence-corrected chi connectivity index (χ1v) is 6.85. The topological polar surface area (TPSA) is 39.2 Å². The molecule has 1 heterocycles. The number of ether oxygens (including phenoxy) is 1. The van der Waals surface area contributed by atoms with Gasteiger partial charge in [-0.2, -0.15) is 0 Å². The molecular formula is C15H14BrNO2. The summed E-state index contributed by atoms with van der Waals surface area (Å²) in [5, 5.41) is 0. The van der Waals surface area contributed by atoms with Gasteiger partial charge < -0.3 is 4.74 Å². The quantitative estimate of drug-likeness (QED) is 0.781. The monoisotopic (exact) mass is 319 g/mol. The van der Waals surface area contributed by atoms with E-state index >= 15 is 0 Å². The summed E-state index contributed by atoms with van der Waals surface area (Å²) in [5.74, 6) is 0.695. The van der Waals surface area contributed by atoms with Crippen LogP contribution in [0.4, 0.5) is 0 Å². The Balaban J connectivity index is 2.01. The van der Waals surface area contributed by atoms with Crippen LogP contribution in [0.1, 0.15) is 29.4 Å². The number of carbonyl (C=O) groups is 1. The molecule has 0 aliphatic carbocycles. The summed E-state index contributed by atoms with van der Waals surface area (Å²) in [5.41, 5.74) is 1.55. The van der Waals surface area contributed by atoms with Gasteiger partial charge in [0.25, 0.3) is 0 Å². The van der Waals surface area contributed by atoms with Crippen LogP contribution in [0.3, 0.4) is 0 Å². The van der Waals surface area contributed by atoms with E-state index in [9.17, 15) is 4.79 Å². The molecule has 0 amide bonds. The van der Waals surface area contributed by atoms with Crippen molar-refractivity contribution in [1.29, 1.82) is 0 Å². The van der Waals surface area contributed by atoms with E-state index in [1.165, 1.54) is 0 Å². The van der Waals surface area contributed by atoms with Gasteiger partial charge in [0.05, 0.1) is 6.20 Å². The van der Waals surface area contributed by atoms with Gasteiger partial charge in [-0.3, -0.25) is 4.79 Å². The van der Waals surface area contributed by atoms with Gasteiger partial charge in [0.1, 0.15) is 18.1 Å². The minimum Gasteiger partial charge on any atom is -0.487 e. The van der Waals surface area contributed by atoms with Crippen LogP contribution in [0.2, 0.25) is 0 Å². The van der Waals surface area contributed by atoms with Crippen LogP contribution in [0, 0.1) is 0 Å². The number of carbonyl (C=O) groups excluding carboxylic acids is 1. The average Bonchev–Trinajstić information content (AvgIpc) is 2.46. The lowest BCUT2D eigenvalue weighted by atomic mass is 10.2. The van der Waals surface area contributed by atoms with Crippen molar-refractivity contribution in [3.05, 3.63) is 58.3 Å². The number of nitrogens with zero attached hydrogens (tertiary/aromatic N) is 1. The molecule has 0 unspecified atom stereocenters. The zero-order valence-electron chi connectivity index (χ0n) is 10.6. The lowest BCUT2D eigenvalue weighted by Gasteiger charge is -2.07. The standard InChI is InChI=1S/C15H14BrNO2/c1-2-15(18)14-8-7-12(9-17-14)19-10-11-5-3-4-6-13(11)16/h3-9H,2,10H2,1H3. The van der Waals surface area contributed by atoms with E-state index in [4.69, 9.17) is 4.74 Å². The summed E-state index contributed by atoms with van der Waals surface area (Å²) >= 11 is 3.47. The molecule has 2 rings (SSSR count). The Morgan fingerprint density at radius 3 is 2.68 bits per heavy atom. The van der Waals surface area contributed by atoms with Crippen molar-refractivity contribution in [2.24, 2.45) is 0 Å². The molecule has 0 saturated carbocycles. The second-order valence-corrected chi connectivity index (χ2v) is 4.89. The highest BCUT2D eigenvalue weighted by atomic mass is 79.9. The Labute approximate surface area is 120 Å². The molecule has 0 saturated heterocycles. The summed E-state index contributed by atoms with van der Waals surface area (Å²) < 4.78 is 6.65. The predicted octanol–water partition coefficient (Wildman–Crippen LogP) is 4.02. The molecule has 2 aromatic rings. The van der Waals surface area contributed by atoms with Gasteiger partial charge in [0.15, 0.2) is 5.78 Å². The number of benzene rings is 1. The molecule has 1 aromatic heterocycles. The van der Waals surface area contributed by atoms with Crippen molar-refractivity contribution in [1.82, 2.24) is 4.98 Å². The first-order valence-electron chi connectivity index (χ1n) is 6.06. The smallest absolute Gasteiger partial charge is 0.180 e. The lowest BCUT2D eigenvalue weighted by molar-refractivity contribution is 0.0983. The zero-order chi connectivity index (χ0) is 13.7. The third-order valence-electron chi connectivity index (χ3n) is 2.70. The normalized spacial score (nSPS) is 10.2. The Morgan fingerprint density at radius 2 is 2.05 bits per heavy atom. The van der Waals surface area contributed by atoms with Crippen LogP contribution >= 0.6 is 15.9 Å². The van der Waals surface area contributed by atoms with E-state index in [-0.39, 0.29) is 5.78 Å². The summed E-state index contributed by atoms with van der Waals surface area (Å²) in [4.78, 5) is 15.5. The minimum absolute atomic E-state index is 0.0392. The minimum atomic E-state index is 0.0392. The zero-order valence-corrected chi connectivity index (χ0v) is 12.2. The van der Waals surface area contributed by atoms with Crippen molar-refractivity contribution < 1.29 is 9.53 Å². The molecule has 0 aliphatic heterocycles. The molecule has 19 heavy (non-hydrogen) atoms. The Kier molecular flexibility index (Phi) is 4.68. The van der Waals surface area contributed by atoms with Gasteiger partial charge in [-0.1, -0.05) is 41.1 Å². The number of aromatic nitrogens is 1. The third-order valence-corrected chi connectivity index (χ3v) is 3.47. The largest absolute Gasteiger partial charge is 0.487 e. The second kappa shape index (κ2) is 6.48. The molecule has 0 fully saturated rings. The number of rotatable bonds is 5. The summed E-state index contributed by atoms with van der Waals surface area (Å²) in [6, 6.07) is 11.4. The van der Waals surface area contributed by atoms with Crippen molar-refractivity contribution in [3.8, 4) is 5.75 Å². The Morgan fingerprint density at radius 1 is 1.26 bits per heavy atom. The third kappa shape index (κ3) is 3.64. The molecular weight excluding hydrogens is 306 g/mol. The van der Waals surface area contributed by atoms with Gasteiger partial charge in [-0.25, -0.2) is 4.98 Å². The summed E-state index contributed by atoms with van der Waals surface area (Å²) in [7, 11) is 0. The van der Waals surface area contributed by atoms with Crippen LogP contribution in [-0.2, 0) is 6.61 Å². The summed E-state index contributed by atoms with van der Waals surface area (Å²) in [6.07, 6.45) is 2.05. The second-order valence-electron chi connectivity index (χ2n) is 4.04. The van der Waals surface area contributed by atoms with E-state index in [1.54, 1.807) is 18.3 Å². The fraction of sp³-hybridized carbons (Fsp3) is 0.200. The first kappa shape index (κ1) is 13.7. The maximum atomic E-state index is 11.4. The number of ketones is 1. The van der Waals surface area contributed by atoms with Crippen LogP contribution < -0.4 is 4.74 Å². The van der Waals surface area contributed by atoms with Gasteiger partial charge in [0, 0.05) is 16.5 Å². The fourth-order valence-corrected chi connectivity index (χ4v) is 1.99. The van der Waals surface area contributed by atoms with Crippen LogP contribution in [-0.4, -0.2) is 10.8 Å². The van der Waals surface area contributed by atoms with E-state index in [0.717, 1.165) is 10.0 Å². The number of hydrogen-bond acceptors (Lipinski definition) is 3. The number of pyridine rings is 1. The first-order chi connectivity index (χ1) is 9.20. The molecule has 98 valence electrons. The summed E-state index contributed by atoms with van der Waals surface area (Å²) in [6.45, 7) is 2.28. The van der Waals surface area contributed by atoms with Gasteiger partial charge >= 0.3 is 0 Å². The molecule has 0 aliphatic rings. The average molecular weight is 320 g/mol. The van der Waals surface area contributed by atoms with Crippen LogP contribution in [0.5, 0.6) is 5.75 Å². The van der Waals surface area contributed by atoms with Crippen LogP contribution in [0.25, 0.3) is 0 Å². The van der Waals surface area contributed by atoms with E-state index < -0.39 is 0 Å². The van der Waals surface area contributed by atoms with Crippen molar-refractivity contribution in [2.75, 3.05) is 0 Å². The molecule has 0 atom stereocenters. The number of halogens is 1. The molecule has 0 spiro atoms.